The summed E-state index contributed by atoms with van der Waals surface area (Å²) in [6.45, 7) is 3.96. The van der Waals surface area contributed by atoms with E-state index < -0.39 is 5.82 Å². The normalized spacial score (nSPS) is 14.0. The largest absolute Gasteiger partial charge is 0.508 e. The lowest BCUT2D eigenvalue weighted by Gasteiger charge is -2.21. The molecule has 0 aliphatic carbocycles. The van der Waals surface area contributed by atoms with Gasteiger partial charge in [-0.2, -0.15) is 0 Å². The first-order valence-electron chi connectivity index (χ1n) is 6.47. The van der Waals surface area contributed by atoms with Crippen molar-refractivity contribution in [3.8, 4) is 5.75 Å². The molecule has 0 heterocycles. The molecule has 0 aliphatic rings. The highest BCUT2D eigenvalue weighted by Gasteiger charge is 2.13. The fourth-order valence-corrected chi connectivity index (χ4v) is 2.26. The monoisotopic (exact) mass is 293 g/mol. The fourth-order valence-electron chi connectivity index (χ4n) is 2.14. The molecule has 0 spiro atoms. The Morgan fingerprint density at radius 2 is 1.70 bits per heavy atom. The molecule has 2 unspecified atom stereocenters. The van der Waals surface area contributed by atoms with E-state index in [-0.39, 0.29) is 22.9 Å². The van der Waals surface area contributed by atoms with Crippen LogP contribution in [0.3, 0.4) is 0 Å². The SMILES string of the molecule is CC(NC(C)c1ccc(Cl)c(F)c1)c1cccc(O)c1. The Balaban J connectivity index is 2.10. The summed E-state index contributed by atoms with van der Waals surface area (Å²) in [5.41, 5.74) is 1.81. The third kappa shape index (κ3) is 3.50. The zero-order valence-corrected chi connectivity index (χ0v) is 12.2. The van der Waals surface area contributed by atoms with Crippen LogP contribution < -0.4 is 5.32 Å². The molecule has 106 valence electrons. The zero-order chi connectivity index (χ0) is 14.7. The summed E-state index contributed by atoms with van der Waals surface area (Å²) in [7, 11) is 0. The summed E-state index contributed by atoms with van der Waals surface area (Å²) in [5, 5.41) is 13.0. The van der Waals surface area contributed by atoms with Crippen molar-refractivity contribution in [3.63, 3.8) is 0 Å². The highest BCUT2D eigenvalue weighted by atomic mass is 35.5. The van der Waals surface area contributed by atoms with Gasteiger partial charge in [-0.15, -0.1) is 0 Å². The van der Waals surface area contributed by atoms with Crippen LogP contribution >= 0.6 is 11.6 Å². The molecule has 2 nitrogen and oxygen atoms in total. The quantitative estimate of drug-likeness (QED) is 0.863. The molecule has 2 aromatic rings. The topological polar surface area (TPSA) is 32.3 Å². The van der Waals surface area contributed by atoms with Gasteiger partial charge in [-0.1, -0.05) is 29.8 Å². The molecule has 4 heteroatoms. The Hall–Kier alpha value is -1.58. The molecule has 0 radical (unpaired) electrons. The number of phenolic OH excluding ortho intramolecular Hbond substituents is 1. The summed E-state index contributed by atoms with van der Waals surface area (Å²) in [6.07, 6.45) is 0. The second kappa shape index (κ2) is 6.25. The van der Waals surface area contributed by atoms with Crippen LogP contribution in [-0.4, -0.2) is 5.11 Å². The van der Waals surface area contributed by atoms with Crippen molar-refractivity contribution in [3.05, 3.63) is 64.4 Å². The van der Waals surface area contributed by atoms with Crippen molar-refractivity contribution in [2.75, 3.05) is 0 Å². The second-order valence-corrected chi connectivity index (χ2v) is 5.29. The lowest BCUT2D eigenvalue weighted by Crippen LogP contribution is -2.22. The van der Waals surface area contributed by atoms with E-state index in [1.54, 1.807) is 30.3 Å². The molecule has 0 saturated heterocycles. The summed E-state index contributed by atoms with van der Waals surface area (Å²) in [6, 6.07) is 11.9. The van der Waals surface area contributed by atoms with Gasteiger partial charge in [-0.3, -0.25) is 0 Å². The van der Waals surface area contributed by atoms with Gasteiger partial charge in [-0.05, 0) is 49.2 Å². The Kier molecular flexibility index (Phi) is 4.63. The molecule has 2 atom stereocenters. The second-order valence-electron chi connectivity index (χ2n) is 4.88. The fraction of sp³-hybridized carbons (Fsp3) is 0.250. The van der Waals surface area contributed by atoms with Crippen LogP contribution in [0.1, 0.15) is 37.1 Å². The van der Waals surface area contributed by atoms with E-state index in [1.165, 1.54) is 6.07 Å². The smallest absolute Gasteiger partial charge is 0.142 e. The Bertz CT molecular complexity index is 603. The maximum absolute atomic E-state index is 13.5. The third-order valence-electron chi connectivity index (χ3n) is 3.31. The molecule has 0 aliphatic heterocycles. The molecule has 0 saturated carbocycles. The molecule has 2 rings (SSSR count). The number of halogens is 2. The molecular weight excluding hydrogens is 277 g/mol. The standard InChI is InChI=1S/C16H17ClFNO/c1-10(12-4-3-5-14(20)8-12)19-11(2)13-6-7-15(17)16(18)9-13/h3-11,19-20H,1-2H3. The first-order valence-corrected chi connectivity index (χ1v) is 6.85. The Morgan fingerprint density at radius 1 is 1.05 bits per heavy atom. The van der Waals surface area contributed by atoms with Crippen LogP contribution in [0.4, 0.5) is 4.39 Å². The van der Waals surface area contributed by atoms with Crippen LogP contribution in [0.25, 0.3) is 0 Å². The van der Waals surface area contributed by atoms with Gasteiger partial charge in [0.05, 0.1) is 5.02 Å². The van der Waals surface area contributed by atoms with Crippen LogP contribution in [0.5, 0.6) is 5.75 Å². The van der Waals surface area contributed by atoms with Gasteiger partial charge in [0.25, 0.3) is 0 Å². The molecule has 20 heavy (non-hydrogen) atoms. The first-order chi connectivity index (χ1) is 9.47. The average molecular weight is 294 g/mol. The molecule has 0 aromatic heterocycles. The van der Waals surface area contributed by atoms with E-state index in [0.29, 0.717) is 0 Å². The van der Waals surface area contributed by atoms with Crippen LogP contribution in [0.15, 0.2) is 42.5 Å². The van der Waals surface area contributed by atoms with E-state index in [0.717, 1.165) is 11.1 Å². The predicted molar refractivity (Wildman–Crippen MR) is 79.5 cm³/mol. The number of hydrogen-bond donors (Lipinski definition) is 2. The maximum Gasteiger partial charge on any atom is 0.142 e. The van der Waals surface area contributed by atoms with Gasteiger partial charge < -0.3 is 10.4 Å². The van der Waals surface area contributed by atoms with Gasteiger partial charge in [0.1, 0.15) is 11.6 Å². The van der Waals surface area contributed by atoms with Gasteiger partial charge >= 0.3 is 0 Å². The van der Waals surface area contributed by atoms with Crippen LogP contribution in [0, 0.1) is 5.82 Å². The number of aromatic hydroxyl groups is 1. The van der Waals surface area contributed by atoms with Crippen molar-refractivity contribution in [2.45, 2.75) is 25.9 Å². The average Bonchev–Trinajstić information content (AvgIpc) is 2.41. The number of nitrogens with one attached hydrogen (secondary N) is 1. The van der Waals surface area contributed by atoms with Gasteiger partial charge in [0.2, 0.25) is 0 Å². The number of hydrogen-bond acceptors (Lipinski definition) is 2. The minimum atomic E-state index is -0.414. The van der Waals surface area contributed by atoms with Crippen molar-refractivity contribution in [2.24, 2.45) is 0 Å². The lowest BCUT2D eigenvalue weighted by atomic mass is 10.0. The summed E-state index contributed by atoms with van der Waals surface area (Å²) < 4.78 is 13.5. The Labute approximate surface area is 123 Å². The highest BCUT2D eigenvalue weighted by Crippen LogP contribution is 2.24. The van der Waals surface area contributed by atoms with E-state index in [9.17, 15) is 9.50 Å². The van der Waals surface area contributed by atoms with Crippen molar-refractivity contribution >= 4 is 11.6 Å². The van der Waals surface area contributed by atoms with Crippen LogP contribution in [-0.2, 0) is 0 Å². The Morgan fingerprint density at radius 3 is 2.30 bits per heavy atom. The maximum atomic E-state index is 13.5. The van der Waals surface area contributed by atoms with Crippen molar-refractivity contribution in [1.29, 1.82) is 0 Å². The van der Waals surface area contributed by atoms with Crippen LogP contribution in [0.2, 0.25) is 5.02 Å². The molecule has 0 amide bonds. The highest BCUT2D eigenvalue weighted by molar-refractivity contribution is 6.30. The number of rotatable bonds is 4. The first kappa shape index (κ1) is 14.8. The lowest BCUT2D eigenvalue weighted by molar-refractivity contribution is 0.466. The summed E-state index contributed by atoms with van der Waals surface area (Å²) in [4.78, 5) is 0. The van der Waals surface area contributed by atoms with Gasteiger partial charge in [0.15, 0.2) is 0 Å². The third-order valence-corrected chi connectivity index (χ3v) is 3.62. The number of phenols is 1. The van der Waals surface area contributed by atoms with Crippen molar-refractivity contribution in [1.82, 2.24) is 5.32 Å². The minimum Gasteiger partial charge on any atom is -0.508 e. The summed E-state index contributed by atoms with van der Waals surface area (Å²) >= 11 is 5.68. The van der Waals surface area contributed by atoms with Gasteiger partial charge in [-0.25, -0.2) is 4.39 Å². The molecule has 0 fully saturated rings. The van der Waals surface area contributed by atoms with E-state index in [1.807, 2.05) is 19.9 Å². The molecule has 0 bridgehead atoms. The van der Waals surface area contributed by atoms with Crippen molar-refractivity contribution < 1.29 is 9.50 Å². The zero-order valence-electron chi connectivity index (χ0n) is 11.4. The van der Waals surface area contributed by atoms with E-state index in [2.05, 4.69) is 5.32 Å². The summed E-state index contributed by atoms with van der Waals surface area (Å²) in [5.74, 6) is -0.177. The van der Waals surface area contributed by atoms with Gasteiger partial charge in [0, 0.05) is 12.1 Å². The molecular formula is C16H17ClFNO. The molecule has 2 N–H and O–H groups in total. The van der Waals surface area contributed by atoms with E-state index in [4.69, 9.17) is 11.6 Å². The number of benzene rings is 2. The minimum absolute atomic E-state index is 0.0286. The molecule has 2 aromatic carbocycles. The van der Waals surface area contributed by atoms with E-state index >= 15 is 0 Å². The predicted octanol–water partition coefficient (Wildman–Crippen LogP) is 4.60.